The topological polar surface area (TPSA) is 166 Å². The van der Waals surface area contributed by atoms with Gasteiger partial charge in [0.15, 0.2) is 0 Å². The van der Waals surface area contributed by atoms with Gasteiger partial charge in [0.1, 0.15) is 12.1 Å². The first kappa shape index (κ1) is 36.3. The number of nitrogens with one attached hydrogen (secondary N) is 5. The number of carbonyl (C=O) groups is 5. The average molecular weight is 556 g/mol. The zero-order valence-electron chi connectivity index (χ0n) is 25.0. The van der Waals surface area contributed by atoms with E-state index >= 15 is 0 Å². The first-order valence-electron chi connectivity index (χ1n) is 14.5. The minimum absolute atomic E-state index is 0.00427. The van der Waals surface area contributed by atoms with Crippen molar-refractivity contribution in [2.24, 2.45) is 11.8 Å². The number of rotatable bonds is 21. The van der Waals surface area contributed by atoms with E-state index in [9.17, 15) is 24.0 Å². The monoisotopic (exact) mass is 555 g/mol. The Morgan fingerprint density at radius 2 is 1.44 bits per heavy atom. The fourth-order valence-electron chi connectivity index (χ4n) is 4.24. The van der Waals surface area contributed by atoms with Crippen LogP contribution in [0.3, 0.4) is 0 Å². The number of amides is 4. The van der Waals surface area contributed by atoms with E-state index in [4.69, 9.17) is 5.11 Å². The van der Waals surface area contributed by atoms with Crippen molar-refractivity contribution in [2.75, 3.05) is 13.1 Å². The summed E-state index contributed by atoms with van der Waals surface area (Å²) in [4.78, 5) is 62.0. The van der Waals surface area contributed by atoms with Crippen molar-refractivity contribution in [3.8, 4) is 0 Å². The highest BCUT2D eigenvalue weighted by molar-refractivity contribution is 5.92. The van der Waals surface area contributed by atoms with Crippen LogP contribution in [0.2, 0.25) is 0 Å². The molecule has 0 aromatic carbocycles. The molecule has 0 saturated heterocycles. The molecule has 0 aliphatic rings. The zero-order valence-corrected chi connectivity index (χ0v) is 25.0. The van der Waals surface area contributed by atoms with Gasteiger partial charge in [-0.1, -0.05) is 54.4 Å². The number of hydrogen-bond acceptors (Lipinski definition) is 6. The highest BCUT2D eigenvalue weighted by atomic mass is 16.4. The van der Waals surface area contributed by atoms with Gasteiger partial charge in [0.2, 0.25) is 23.6 Å². The van der Waals surface area contributed by atoms with Crippen molar-refractivity contribution in [3.63, 3.8) is 0 Å². The van der Waals surface area contributed by atoms with Crippen LogP contribution >= 0.6 is 0 Å². The minimum atomic E-state index is -0.979. The molecule has 11 heteroatoms. The van der Waals surface area contributed by atoms with Gasteiger partial charge in [0, 0.05) is 32.0 Å². The van der Waals surface area contributed by atoms with Gasteiger partial charge >= 0.3 is 5.97 Å². The summed E-state index contributed by atoms with van der Waals surface area (Å²) in [5.41, 5.74) is 0. The molecule has 0 aromatic heterocycles. The summed E-state index contributed by atoms with van der Waals surface area (Å²) in [6.45, 7) is 14.5. The molecule has 0 aliphatic carbocycles. The fourth-order valence-corrected chi connectivity index (χ4v) is 4.24. The van der Waals surface area contributed by atoms with E-state index in [1.807, 2.05) is 34.6 Å². The van der Waals surface area contributed by atoms with E-state index < -0.39 is 29.9 Å². The van der Waals surface area contributed by atoms with Crippen molar-refractivity contribution in [1.82, 2.24) is 26.6 Å². The zero-order chi connectivity index (χ0) is 30.0. The summed E-state index contributed by atoms with van der Waals surface area (Å²) >= 11 is 0. The average Bonchev–Trinajstić information content (AvgIpc) is 2.86. The lowest BCUT2D eigenvalue weighted by Gasteiger charge is -2.29. The first-order chi connectivity index (χ1) is 18.4. The van der Waals surface area contributed by atoms with E-state index in [-0.39, 0.29) is 49.1 Å². The van der Waals surface area contributed by atoms with Crippen molar-refractivity contribution >= 4 is 29.6 Å². The third kappa shape index (κ3) is 15.5. The van der Waals surface area contributed by atoms with Crippen molar-refractivity contribution in [2.45, 2.75) is 124 Å². The van der Waals surface area contributed by atoms with Gasteiger partial charge < -0.3 is 31.7 Å². The molecule has 0 bridgehead atoms. The summed E-state index contributed by atoms with van der Waals surface area (Å²) < 4.78 is 0. The van der Waals surface area contributed by atoms with Crippen molar-refractivity contribution in [3.05, 3.63) is 0 Å². The molecular formula is C28H53N5O6. The minimum Gasteiger partial charge on any atom is -0.481 e. The lowest BCUT2D eigenvalue weighted by Crippen LogP contribution is -2.57. The highest BCUT2D eigenvalue weighted by Crippen LogP contribution is 2.11. The Kier molecular flexibility index (Phi) is 18.9. The molecule has 6 N–H and O–H groups in total. The number of aliphatic carboxylic acids is 1. The summed E-state index contributed by atoms with van der Waals surface area (Å²) in [5.74, 6) is -2.08. The van der Waals surface area contributed by atoms with Crippen LogP contribution in [0.1, 0.15) is 99.8 Å². The van der Waals surface area contributed by atoms with E-state index in [2.05, 4.69) is 40.4 Å². The maximum atomic E-state index is 13.3. The second-order valence-electron chi connectivity index (χ2n) is 10.6. The molecule has 11 nitrogen and oxygen atoms in total. The lowest BCUT2D eigenvalue weighted by atomic mass is 9.97. The van der Waals surface area contributed by atoms with Gasteiger partial charge in [-0.3, -0.25) is 24.0 Å². The lowest BCUT2D eigenvalue weighted by molar-refractivity contribution is -0.137. The van der Waals surface area contributed by atoms with Crippen LogP contribution in [0.25, 0.3) is 0 Å². The Labute approximate surface area is 234 Å². The summed E-state index contributed by atoms with van der Waals surface area (Å²) in [5, 5.41) is 23.5. The van der Waals surface area contributed by atoms with Crippen molar-refractivity contribution < 1.29 is 29.1 Å². The third-order valence-electron chi connectivity index (χ3n) is 6.61. The molecule has 0 radical (unpaired) electrons. The molecule has 0 aromatic rings. The van der Waals surface area contributed by atoms with Crippen LogP contribution in [0.5, 0.6) is 0 Å². The van der Waals surface area contributed by atoms with E-state index in [0.29, 0.717) is 51.1 Å². The number of hydrogen-bond donors (Lipinski definition) is 6. The molecule has 39 heavy (non-hydrogen) atoms. The number of carboxylic acids is 1. The van der Waals surface area contributed by atoms with Crippen LogP contribution in [0.4, 0.5) is 0 Å². The van der Waals surface area contributed by atoms with Gasteiger partial charge in [-0.15, -0.1) is 0 Å². The Bertz CT molecular complexity index is 776. The Morgan fingerprint density at radius 1 is 0.769 bits per heavy atom. The molecule has 0 spiro atoms. The van der Waals surface area contributed by atoms with Crippen LogP contribution in [-0.2, 0) is 24.0 Å². The first-order valence-corrected chi connectivity index (χ1v) is 14.5. The maximum absolute atomic E-state index is 13.3. The molecule has 5 atom stereocenters. The normalized spacial score (nSPS) is 15.0. The number of likely N-dealkylation sites (N-methyl/N-ethyl adjacent to an activating group) is 1. The van der Waals surface area contributed by atoms with Crippen LogP contribution in [0, 0.1) is 11.8 Å². The molecule has 0 rings (SSSR count). The van der Waals surface area contributed by atoms with Gasteiger partial charge in [0.25, 0.3) is 0 Å². The number of carboxylic acid groups (broad SMARTS) is 1. The van der Waals surface area contributed by atoms with Crippen molar-refractivity contribution in [1.29, 1.82) is 0 Å². The van der Waals surface area contributed by atoms with Crippen LogP contribution in [-0.4, -0.2) is 72.0 Å². The second-order valence-corrected chi connectivity index (χ2v) is 10.6. The molecular weight excluding hydrogens is 502 g/mol. The summed E-state index contributed by atoms with van der Waals surface area (Å²) in [6.07, 6.45) is 3.09. The van der Waals surface area contributed by atoms with E-state index in [1.54, 1.807) is 0 Å². The molecule has 0 fully saturated rings. The molecule has 0 aliphatic heterocycles. The quantitative estimate of drug-likeness (QED) is 0.126. The Balaban J connectivity index is 5.44. The SMILES string of the molecule is CCC[C@H](NC(=O)[C@@H](NC(=O)CCCC(=O)O)C(C)CC)C(=O)N[C@H](CN[C@@H](CC)C(=O)NCC)CC(C)C. The van der Waals surface area contributed by atoms with E-state index in [1.165, 1.54) is 0 Å². The Morgan fingerprint density at radius 3 is 1.95 bits per heavy atom. The molecule has 0 heterocycles. The molecule has 226 valence electrons. The second kappa shape index (κ2) is 20.2. The smallest absolute Gasteiger partial charge is 0.303 e. The van der Waals surface area contributed by atoms with Gasteiger partial charge in [-0.05, 0) is 44.4 Å². The highest BCUT2D eigenvalue weighted by Gasteiger charge is 2.30. The third-order valence-corrected chi connectivity index (χ3v) is 6.61. The van der Waals surface area contributed by atoms with Gasteiger partial charge in [-0.25, -0.2) is 0 Å². The molecule has 0 saturated carbocycles. The maximum Gasteiger partial charge on any atom is 0.303 e. The Hall–Kier alpha value is -2.69. The number of carbonyl (C=O) groups excluding carboxylic acids is 4. The van der Waals surface area contributed by atoms with Crippen LogP contribution in [0.15, 0.2) is 0 Å². The predicted molar refractivity (Wildman–Crippen MR) is 152 cm³/mol. The fraction of sp³-hybridized carbons (Fsp3) is 0.821. The molecule has 4 amide bonds. The standard InChI is InChI=1S/C28H53N5O6/c1-8-13-22(32-28(39)25(19(7)9-2)33-23(34)14-12-15-24(35)36)27(38)31-20(16-18(5)6)17-30-21(10-3)26(37)29-11-4/h18-22,25,30H,8-17H2,1-7H3,(H,29,37)(H,31,38)(H,32,39)(H,33,34)(H,35,36)/t19?,20-,21-,22-,25-/m0/s1. The summed E-state index contributed by atoms with van der Waals surface area (Å²) in [6, 6.07) is -2.22. The molecule has 1 unspecified atom stereocenters. The van der Waals surface area contributed by atoms with Gasteiger partial charge in [0.05, 0.1) is 6.04 Å². The van der Waals surface area contributed by atoms with E-state index in [0.717, 1.165) is 0 Å². The largest absolute Gasteiger partial charge is 0.481 e. The van der Waals surface area contributed by atoms with Crippen LogP contribution < -0.4 is 26.6 Å². The summed E-state index contributed by atoms with van der Waals surface area (Å²) in [7, 11) is 0. The predicted octanol–water partition coefficient (Wildman–Crippen LogP) is 2.09. The van der Waals surface area contributed by atoms with Gasteiger partial charge in [-0.2, -0.15) is 0 Å².